The number of hydrogen-bond acceptors (Lipinski definition) is 9. The van der Waals surface area contributed by atoms with Gasteiger partial charge in [0.1, 0.15) is 23.7 Å². The Morgan fingerprint density at radius 1 is 1.07 bits per heavy atom. The van der Waals surface area contributed by atoms with Crippen LogP contribution in [0.15, 0.2) is 11.6 Å². The number of rotatable bonds is 5. The van der Waals surface area contributed by atoms with Crippen molar-refractivity contribution >= 4 is 23.4 Å². The monoisotopic (exact) mass is 594 g/mol. The van der Waals surface area contributed by atoms with Crippen molar-refractivity contribution < 1.29 is 38.1 Å². The number of nitrogens with one attached hydrogen (secondary N) is 1. The van der Waals surface area contributed by atoms with Crippen molar-refractivity contribution in [3.8, 4) is 0 Å². The molecule has 1 amide bonds. The summed E-state index contributed by atoms with van der Waals surface area (Å²) in [6, 6.07) is 0.0145. The Morgan fingerprint density at radius 2 is 1.67 bits per heavy atom. The minimum Gasteiger partial charge on any atom is -0.458 e. The molecule has 240 valence electrons. The maximum Gasteiger partial charge on any atom is 0.316 e. The molecule has 1 fully saturated rings. The van der Waals surface area contributed by atoms with Gasteiger partial charge in [-0.25, -0.2) is 0 Å². The van der Waals surface area contributed by atoms with E-state index in [1.54, 1.807) is 47.8 Å². The van der Waals surface area contributed by atoms with E-state index in [0.717, 1.165) is 6.42 Å². The first-order valence-electron chi connectivity index (χ1n) is 15.0. The van der Waals surface area contributed by atoms with Crippen LogP contribution < -0.4 is 5.32 Å². The minimum absolute atomic E-state index is 0.0145. The van der Waals surface area contributed by atoms with Crippen molar-refractivity contribution in [2.75, 3.05) is 21.2 Å². The third-order valence-electron chi connectivity index (χ3n) is 8.93. The summed E-state index contributed by atoms with van der Waals surface area (Å²) >= 11 is 0. The first kappa shape index (κ1) is 36.1. The fourth-order valence-electron chi connectivity index (χ4n) is 6.67. The third-order valence-corrected chi connectivity index (χ3v) is 8.93. The van der Waals surface area contributed by atoms with Gasteiger partial charge in [0.15, 0.2) is 17.9 Å². The quantitative estimate of drug-likeness (QED) is 0.289. The minimum atomic E-state index is -1.33. The summed E-state index contributed by atoms with van der Waals surface area (Å²) in [5.74, 6) is -3.83. The maximum atomic E-state index is 14.0. The van der Waals surface area contributed by atoms with Gasteiger partial charge in [-0.1, -0.05) is 27.7 Å². The summed E-state index contributed by atoms with van der Waals surface area (Å²) in [5, 5.41) is 2.81. The Bertz CT molecular complexity index is 1040. The van der Waals surface area contributed by atoms with Crippen LogP contribution in [-0.4, -0.2) is 91.8 Å². The van der Waals surface area contributed by atoms with Crippen LogP contribution >= 0.6 is 0 Å². The second-order valence-electron chi connectivity index (χ2n) is 13.6. The highest BCUT2D eigenvalue weighted by atomic mass is 16.7. The van der Waals surface area contributed by atoms with E-state index >= 15 is 0 Å². The smallest absolute Gasteiger partial charge is 0.316 e. The van der Waals surface area contributed by atoms with Gasteiger partial charge in [-0.05, 0) is 78.6 Å². The molecule has 1 N–H and O–H groups in total. The van der Waals surface area contributed by atoms with Gasteiger partial charge in [0.2, 0.25) is 5.91 Å². The van der Waals surface area contributed by atoms with Gasteiger partial charge in [-0.2, -0.15) is 0 Å². The van der Waals surface area contributed by atoms with Gasteiger partial charge in [-0.15, -0.1) is 0 Å². The summed E-state index contributed by atoms with van der Waals surface area (Å²) in [4.78, 5) is 55.3. The first-order chi connectivity index (χ1) is 19.2. The van der Waals surface area contributed by atoms with Gasteiger partial charge >= 0.3 is 5.97 Å². The molecule has 0 aromatic heterocycles. The van der Waals surface area contributed by atoms with Crippen molar-refractivity contribution in [2.24, 2.45) is 23.2 Å². The molecule has 0 saturated carbocycles. The van der Waals surface area contributed by atoms with E-state index in [9.17, 15) is 19.2 Å². The maximum absolute atomic E-state index is 14.0. The summed E-state index contributed by atoms with van der Waals surface area (Å²) in [5.41, 5.74) is -1.48. The molecule has 10 nitrogen and oxygen atoms in total. The molecule has 0 aromatic rings. The summed E-state index contributed by atoms with van der Waals surface area (Å²) in [6.45, 7) is 17.5. The van der Waals surface area contributed by atoms with E-state index in [-0.39, 0.29) is 29.6 Å². The molecule has 42 heavy (non-hydrogen) atoms. The fraction of sp³-hybridized carbons (Fsp3) is 0.812. The van der Waals surface area contributed by atoms with Gasteiger partial charge < -0.3 is 29.2 Å². The number of carbonyl (C=O) groups excluding carboxylic acids is 4. The van der Waals surface area contributed by atoms with Gasteiger partial charge in [0.05, 0.1) is 12.2 Å². The highest BCUT2D eigenvalue weighted by Crippen LogP contribution is 2.40. The molecule has 0 bridgehead atoms. The van der Waals surface area contributed by atoms with Gasteiger partial charge in [-0.3, -0.25) is 19.2 Å². The molecule has 0 spiro atoms. The van der Waals surface area contributed by atoms with Crippen molar-refractivity contribution in [3.05, 3.63) is 11.6 Å². The highest BCUT2D eigenvalue weighted by molar-refractivity contribution is 6.00. The molecule has 2 aliphatic heterocycles. The number of likely N-dealkylation sites (N-methyl/N-ethyl adjacent to an activating group) is 1. The lowest BCUT2D eigenvalue weighted by Gasteiger charge is -2.47. The lowest BCUT2D eigenvalue weighted by atomic mass is 9.70. The number of esters is 1. The molecule has 2 aliphatic rings. The normalized spacial score (nSPS) is 40.1. The van der Waals surface area contributed by atoms with E-state index < -0.39 is 59.3 Å². The van der Waals surface area contributed by atoms with Crippen LogP contribution in [0, 0.1) is 23.2 Å². The van der Waals surface area contributed by atoms with Crippen LogP contribution in [-0.2, 0) is 38.1 Å². The molecule has 10 atom stereocenters. The van der Waals surface area contributed by atoms with Crippen molar-refractivity contribution in [1.82, 2.24) is 10.2 Å². The first-order valence-corrected chi connectivity index (χ1v) is 15.0. The highest BCUT2D eigenvalue weighted by Gasteiger charge is 2.48. The van der Waals surface area contributed by atoms with Crippen molar-refractivity contribution in [2.45, 2.75) is 124 Å². The Labute approximate surface area is 252 Å². The number of amides is 1. The molecule has 6 unspecified atom stereocenters. The second-order valence-corrected chi connectivity index (χ2v) is 13.6. The number of Topliss-reactive ketones (excluding diaryl/α,β-unsaturated/α-hetero) is 2. The van der Waals surface area contributed by atoms with Crippen LogP contribution in [0.2, 0.25) is 0 Å². The van der Waals surface area contributed by atoms with Crippen LogP contribution in [0.1, 0.15) is 82.1 Å². The Kier molecular flexibility index (Phi) is 12.1. The molecule has 10 heteroatoms. The lowest BCUT2D eigenvalue weighted by molar-refractivity contribution is -0.289. The molecule has 0 radical (unpaired) electrons. The molecule has 2 heterocycles. The molecule has 0 aromatic carbocycles. The zero-order valence-corrected chi connectivity index (χ0v) is 27.9. The fourth-order valence-corrected chi connectivity index (χ4v) is 6.67. The number of ketones is 2. The number of carbonyl (C=O) groups is 4. The zero-order chi connectivity index (χ0) is 32.3. The van der Waals surface area contributed by atoms with Gasteiger partial charge in [0.25, 0.3) is 0 Å². The van der Waals surface area contributed by atoms with E-state index in [1.807, 2.05) is 41.8 Å². The Hall–Kier alpha value is -2.14. The predicted molar refractivity (Wildman–Crippen MR) is 160 cm³/mol. The third kappa shape index (κ3) is 8.27. The van der Waals surface area contributed by atoms with Crippen LogP contribution in [0.25, 0.3) is 0 Å². The molecule has 2 rings (SSSR count). The summed E-state index contributed by atoms with van der Waals surface area (Å²) in [6.07, 6.45) is -0.0464. The SMILES string of the molecule is COC1C(OC2[C@@H](C)C(=O)[C@@H](C)C(=O)O[C@H](C)/C(C)=C/C(C)(NC(C)=O)C(=O)C(C)CC2(C)C)O[C@H](C)CC1N(C)C. The predicted octanol–water partition coefficient (Wildman–Crippen LogP) is 3.70. The number of methoxy groups -OCH3 is 1. The second kappa shape index (κ2) is 14.1. The Balaban J connectivity index is 2.64. The van der Waals surface area contributed by atoms with Crippen LogP contribution in [0.5, 0.6) is 0 Å². The Morgan fingerprint density at radius 3 is 2.19 bits per heavy atom. The van der Waals surface area contributed by atoms with Crippen LogP contribution in [0.3, 0.4) is 0 Å². The van der Waals surface area contributed by atoms with E-state index in [0.29, 0.717) is 12.0 Å². The summed E-state index contributed by atoms with van der Waals surface area (Å²) in [7, 11) is 5.57. The average Bonchev–Trinajstić information content (AvgIpc) is 2.87. The molecule has 0 aliphatic carbocycles. The topological polar surface area (TPSA) is 120 Å². The molecule has 1 saturated heterocycles. The van der Waals surface area contributed by atoms with E-state index in [4.69, 9.17) is 18.9 Å². The number of ether oxygens (including phenoxy) is 4. The van der Waals surface area contributed by atoms with Crippen LogP contribution in [0.4, 0.5) is 0 Å². The van der Waals surface area contributed by atoms with E-state index in [2.05, 4.69) is 10.2 Å². The van der Waals surface area contributed by atoms with E-state index in [1.165, 1.54) is 6.92 Å². The zero-order valence-electron chi connectivity index (χ0n) is 27.9. The number of cyclic esters (lactones) is 1. The number of hydrogen-bond donors (Lipinski definition) is 1. The molecular weight excluding hydrogens is 540 g/mol. The van der Waals surface area contributed by atoms with Crippen molar-refractivity contribution in [3.63, 3.8) is 0 Å². The van der Waals surface area contributed by atoms with Gasteiger partial charge in [0, 0.05) is 31.9 Å². The largest absolute Gasteiger partial charge is 0.458 e. The van der Waals surface area contributed by atoms with Crippen molar-refractivity contribution in [1.29, 1.82) is 0 Å². The average molecular weight is 595 g/mol. The molecular formula is C32H54N2O8. The lowest BCUT2D eigenvalue weighted by Crippen LogP contribution is -2.58. The standard InChI is InChI=1S/C32H54N2O8/c1-17-16-32(10,33-23(7)35)27(37)18(2)15-31(8,9)28(20(4)25(36)21(5)29(38)41-22(17)6)42-30-26(39-13)24(34(11)12)14-19(3)40-30/h16,18-22,24,26,28,30H,14-15H2,1-13H3,(H,33,35)/b17-16+/t18?,19-,20+,21-,22-,24?,26?,28?,30?,32?/m1/s1. The number of nitrogens with zero attached hydrogens (tertiary/aromatic N) is 1. The summed E-state index contributed by atoms with van der Waals surface area (Å²) < 4.78 is 24.5.